The van der Waals surface area contributed by atoms with Crippen LogP contribution in [0.15, 0.2) is 72.1 Å². The molecular weight excluding hydrogens is 388 g/mol. The van der Waals surface area contributed by atoms with Gasteiger partial charge in [0.05, 0.1) is 15.5 Å². The van der Waals surface area contributed by atoms with Crippen molar-refractivity contribution in [2.45, 2.75) is 6.92 Å². The summed E-state index contributed by atoms with van der Waals surface area (Å²) in [5.41, 5.74) is 3.03. The molecule has 0 aliphatic rings. The molecule has 4 rings (SSSR count). The molecule has 0 aliphatic heterocycles. The highest BCUT2D eigenvalue weighted by Gasteiger charge is 2.19. The van der Waals surface area contributed by atoms with E-state index in [-0.39, 0.29) is 17.3 Å². The summed E-state index contributed by atoms with van der Waals surface area (Å²) < 4.78 is 1.44. The first-order chi connectivity index (χ1) is 14.0. The van der Waals surface area contributed by atoms with Crippen molar-refractivity contribution < 1.29 is 9.72 Å². The Bertz CT molecular complexity index is 1180. The second kappa shape index (κ2) is 7.69. The van der Waals surface area contributed by atoms with E-state index < -0.39 is 4.92 Å². The smallest absolute Gasteiger partial charge is 0.274 e. The van der Waals surface area contributed by atoms with Crippen molar-refractivity contribution in [3.05, 3.63) is 93.5 Å². The predicted molar refractivity (Wildman–Crippen MR) is 113 cm³/mol. The lowest BCUT2D eigenvalue weighted by Crippen LogP contribution is -2.17. The summed E-state index contributed by atoms with van der Waals surface area (Å²) in [6.07, 6.45) is 0. The third kappa shape index (κ3) is 3.92. The van der Waals surface area contributed by atoms with Crippen molar-refractivity contribution in [3.63, 3.8) is 0 Å². The highest BCUT2D eigenvalue weighted by molar-refractivity contribution is 7.13. The maximum absolute atomic E-state index is 13.0. The molecule has 0 saturated carbocycles. The number of anilines is 1. The van der Waals surface area contributed by atoms with Crippen molar-refractivity contribution in [2.75, 3.05) is 5.32 Å². The number of hydrogen-bond acceptors (Lipinski definition) is 5. The Balaban J connectivity index is 1.77. The lowest BCUT2D eigenvalue weighted by atomic mass is 10.2. The number of nitrogens with one attached hydrogen (secondary N) is 1. The minimum absolute atomic E-state index is 0.0689. The van der Waals surface area contributed by atoms with Crippen molar-refractivity contribution in [3.8, 4) is 16.3 Å². The van der Waals surface area contributed by atoms with Gasteiger partial charge in [-0.3, -0.25) is 14.9 Å². The summed E-state index contributed by atoms with van der Waals surface area (Å²) in [5, 5.41) is 20.5. The number of aryl methyl sites for hydroxylation is 1. The van der Waals surface area contributed by atoms with Crippen LogP contribution in [0.5, 0.6) is 0 Å². The van der Waals surface area contributed by atoms with Crippen LogP contribution in [-0.4, -0.2) is 20.6 Å². The minimum Gasteiger partial charge on any atom is -0.321 e. The molecule has 0 bridgehead atoms. The molecule has 29 heavy (non-hydrogen) atoms. The fourth-order valence-electron chi connectivity index (χ4n) is 2.85. The zero-order valence-electron chi connectivity index (χ0n) is 15.4. The zero-order valence-corrected chi connectivity index (χ0v) is 16.2. The van der Waals surface area contributed by atoms with Crippen LogP contribution in [0.2, 0.25) is 0 Å². The van der Waals surface area contributed by atoms with Gasteiger partial charge in [0.15, 0.2) is 0 Å². The van der Waals surface area contributed by atoms with Gasteiger partial charge in [-0.15, -0.1) is 11.3 Å². The van der Waals surface area contributed by atoms with Gasteiger partial charge in [-0.1, -0.05) is 29.8 Å². The third-order valence-electron chi connectivity index (χ3n) is 4.31. The summed E-state index contributed by atoms with van der Waals surface area (Å²) in [6.45, 7) is 1.97. The Morgan fingerprint density at radius 3 is 2.59 bits per heavy atom. The van der Waals surface area contributed by atoms with Crippen LogP contribution in [0.3, 0.4) is 0 Å². The Morgan fingerprint density at radius 2 is 1.90 bits per heavy atom. The Hall–Kier alpha value is -3.78. The fourth-order valence-corrected chi connectivity index (χ4v) is 3.54. The summed E-state index contributed by atoms with van der Waals surface area (Å²) in [6, 6.07) is 19.0. The molecule has 7 nitrogen and oxygen atoms in total. The number of benzene rings is 2. The number of hydrogen-bond donors (Lipinski definition) is 1. The molecule has 1 amide bonds. The van der Waals surface area contributed by atoms with Crippen LogP contribution in [-0.2, 0) is 0 Å². The molecule has 0 radical (unpaired) electrons. The van der Waals surface area contributed by atoms with E-state index >= 15 is 0 Å². The van der Waals surface area contributed by atoms with Crippen LogP contribution >= 0.6 is 11.3 Å². The van der Waals surface area contributed by atoms with Gasteiger partial charge in [0.1, 0.15) is 11.4 Å². The van der Waals surface area contributed by atoms with E-state index in [1.165, 1.54) is 28.2 Å². The second-order valence-corrected chi connectivity index (χ2v) is 7.35. The van der Waals surface area contributed by atoms with Gasteiger partial charge >= 0.3 is 0 Å². The number of nitro groups is 1. The van der Waals surface area contributed by atoms with E-state index in [1.807, 2.05) is 48.7 Å². The van der Waals surface area contributed by atoms with E-state index in [1.54, 1.807) is 18.2 Å². The molecular formula is C21H16N4O3S. The highest BCUT2D eigenvalue weighted by atomic mass is 32.1. The number of amides is 1. The lowest BCUT2D eigenvalue weighted by Gasteiger charge is -2.08. The fraction of sp³-hybridized carbons (Fsp3) is 0.0476. The summed E-state index contributed by atoms with van der Waals surface area (Å²) in [4.78, 5) is 24.6. The number of carbonyl (C=O) groups excluding carboxylic acids is 1. The number of carbonyl (C=O) groups is 1. The first-order valence-electron chi connectivity index (χ1n) is 8.78. The number of non-ortho nitro benzene ring substituents is 1. The third-order valence-corrected chi connectivity index (χ3v) is 5.20. The van der Waals surface area contributed by atoms with E-state index in [9.17, 15) is 14.9 Å². The Labute approximate surface area is 170 Å². The van der Waals surface area contributed by atoms with Crippen molar-refractivity contribution in [2.24, 2.45) is 0 Å². The molecule has 4 aromatic rings. The van der Waals surface area contributed by atoms with Crippen LogP contribution in [0.25, 0.3) is 16.3 Å². The van der Waals surface area contributed by atoms with Crippen LogP contribution in [0.1, 0.15) is 16.1 Å². The van der Waals surface area contributed by atoms with Crippen LogP contribution < -0.4 is 5.32 Å². The molecule has 2 heterocycles. The predicted octanol–water partition coefficient (Wildman–Crippen LogP) is 5.07. The number of rotatable bonds is 5. The largest absolute Gasteiger partial charge is 0.321 e. The number of nitro benzene ring substituents is 1. The number of nitrogens with zero attached hydrogens (tertiary/aromatic N) is 3. The molecule has 8 heteroatoms. The first-order valence-corrected chi connectivity index (χ1v) is 9.66. The van der Waals surface area contributed by atoms with Crippen LogP contribution in [0, 0.1) is 17.0 Å². The zero-order chi connectivity index (χ0) is 20.4. The van der Waals surface area contributed by atoms with E-state index in [0.717, 1.165) is 10.4 Å². The SMILES string of the molecule is Cc1ccc(NC(=O)c2cc(-c3cccs3)nn2-c2cccc([N+](=O)[O-])c2)cc1. The summed E-state index contributed by atoms with van der Waals surface area (Å²) >= 11 is 1.50. The highest BCUT2D eigenvalue weighted by Crippen LogP contribution is 2.27. The quantitative estimate of drug-likeness (QED) is 0.371. The van der Waals surface area contributed by atoms with Crippen molar-refractivity contribution >= 4 is 28.6 Å². The van der Waals surface area contributed by atoms with Gasteiger partial charge in [0.2, 0.25) is 0 Å². The molecule has 144 valence electrons. The van der Waals surface area contributed by atoms with E-state index in [0.29, 0.717) is 17.1 Å². The van der Waals surface area contributed by atoms with Crippen molar-refractivity contribution in [1.29, 1.82) is 0 Å². The maximum Gasteiger partial charge on any atom is 0.274 e. The maximum atomic E-state index is 13.0. The molecule has 0 aliphatic carbocycles. The molecule has 0 fully saturated rings. The molecule has 2 aromatic carbocycles. The number of aromatic nitrogens is 2. The lowest BCUT2D eigenvalue weighted by molar-refractivity contribution is -0.384. The van der Waals surface area contributed by atoms with Crippen LogP contribution in [0.4, 0.5) is 11.4 Å². The second-order valence-electron chi connectivity index (χ2n) is 6.40. The Kier molecular flexibility index (Phi) is 4.92. The topological polar surface area (TPSA) is 90.1 Å². The summed E-state index contributed by atoms with van der Waals surface area (Å²) in [5.74, 6) is -0.351. The molecule has 1 N–H and O–H groups in total. The van der Waals surface area contributed by atoms with Gasteiger partial charge in [-0.25, -0.2) is 4.68 Å². The van der Waals surface area contributed by atoms with E-state index in [2.05, 4.69) is 10.4 Å². The molecule has 0 spiro atoms. The molecule has 0 saturated heterocycles. The minimum atomic E-state index is -0.473. The van der Waals surface area contributed by atoms with E-state index in [4.69, 9.17) is 0 Å². The monoisotopic (exact) mass is 404 g/mol. The average Bonchev–Trinajstić information content (AvgIpc) is 3.39. The standard InChI is InChI=1S/C21H16N4O3S/c1-14-7-9-15(10-8-14)22-21(26)19-13-18(20-6-3-11-29-20)23-24(19)16-4-2-5-17(12-16)25(27)28/h2-13H,1H3,(H,22,26). The molecule has 0 unspecified atom stereocenters. The van der Waals surface area contributed by atoms with Gasteiger partial charge in [0, 0.05) is 17.8 Å². The Morgan fingerprint density at radius 1 is 1.10 bits per heavy atom. The van der Waals surface area contributed by atoms with Crippen molar-refractivity contribution in [1.82, 2.24) is 9.78 Å². The molecule has 2 aromatic heterocycles. The molecule has 0 atom stereocenters. The van der Waals surface area contributed by atoms with Gasteiger partial charge in [-0.05, 0) is 42.6 Å². The first kappa shape index (κ1) is 18.6. The van der Waals surface area contributed by atoms with Gasteiger partial charge in [-0.2, -0.15) is 5.10 Å². The van der Waals surface area contributed by atoms with Gasteiger partial charge in [0.25, 0.3) is 11.6 Å². The average molecular weight is 404 g/mol. The summed E-state index contributed by atoms with van der Waals surface area (Å²) in [7, 11) is 0. The number of thiophene rings is 1. The normalized spacial score (nSPS) is 10.7. The van der Waals surface area contributed by atoms with Gasteiger partial charge < -0.3 is 5.32 Å².